The first kappa shape index (κ1) is 30.9. The first-order valence-corrected chi connectivity index (χ1v) is 15.3. The van der Waals surface area contributed by atoms with E-state index in [0.29, 0.717) is 5.56 Å². The van der Waals surface area contributed by atoms with Crippen LogP contribution in [0.2, 0.25) is 0 Å². The van der Waals surface area contributed by atoms with E-state index in [0.717, 1.165) is 17.7 Å². The summed E-state index contributed by atoms with van der Waals surface area (Å²) in [6, 6.07) is 13.8. The summed E-state index contributed by atoms with van der Waals surface area (Å²) in [5, 5.41) is 14.8. The SMILES string of the molecule is Cc1ccc(S(=O)(=O)N[C@H](C(=O)N/N=C\c2ccc(OS(=O)(=O)c3cccc([N+](=O)[O-])c3)c(Br)c2)C(C)C)cc1. The number of carbonyl (C=O) groups is 1. The lowest BCUT2D eigenvalue weighted by molar-refractivity contribution is -0.385. The van der Waals surface area contributed by atoms with E-state index in [1.807, 2.05) is 6.92 Å². The molecule has 212 valence electrons. The predicted octanol–water partition coefficient (Wildman–Crippen LogP) is 3.89. The van der Waals surface area contributed by atoms with Crippen LogP contribution in [0, 0.1) is 23.0 Å². The van der Waals surface area contributed by atoms with Gasteiger partial charge < -0.3 is 4.18 Å². The molecule has 15 heteroatoms. The first-order valence-electron chi connectivity index (χ1n) is 11.6. The molecule has 0 unspecified atom stereocenters. The number of hydrogen-bond donors (Lipinski definition) is 2. The number of nitro benzene ring substituents is 1. The molecule has 3 aromatic rings. The highest BCUT2D eigenvalue weighted by Gasteiger charge is 2.28. The van der Waals surface area contributed by atoms with Gasteiger partial charge in [0.1, 0.15) is 10.9 Å². The Bertz CT molecular complexity index is 1660. The van der Waals surface area contributed by atoms with E-state index in [1.165, 1.54) is 48.7 Å². The van der Waals surface area contributed by atoms with Crippen LogP contribution < -0.4 is 14.3 Å². The van der Waals surface area contributed by atoms with Crippen LogP contribution >= 0.6 is 15.9 Å². The number of amides is 1. The molecule has 0 fully saturated rings. The molecule has 0 radical (unpaired) electrons. The van der Waals surface area contributed by atoms with Crippen molar-refractivity contribution in [1.82, 2.24) is 10.1 Å². The molecular weight excluding hydrogens is 628 g/mol. The fourth-order valence-electron chi connectivity index (χ4n) is 3.27. The number of nitrogens with zero attached hydrogens (tertiary/aromatic N) is 2. The zero-order chi connectivity index (χ0) is 29.7. The van der Waals surface area contributed by atoms with Crippen molar-refractivity contribution in [2.75, 3.05) is 0 Å². The highest BCUT2D eigenvalue weighted by Crippen LogP contribution is 2.29. The van der Waals surface area contributed by atoms with E-state index in [2.05, 4.69) is 31.2 Å². The average molecular weight is 654 g/mol. The molecule has 3 aromatic carbocycles. The van der Waals surface area contributed by atoms with Gasteiger partial charge in [0.2, 0.25) is 10.0 Å². The van der Waals surface area contributed by atoms with E-state index in [1.54, 1.807) is 26.0 Å². The molecule has 1 amide bonds. The second-order valence-electron chi connectivity index (χ2n) is 8.87. The summed E-state index contributed by atoms with van der Waals surface area (Å²) in [4.78, 5) is 22.6. The second-order valence-corrected chi connectivity index (χ2v) is 13.0. The van der Waals surface area contributed by atoms with E-state index in [-0.39, 0.29) is 20.0 Å². The minimum atomic E-state index is -4.37. The monoisotopic (exact) mass is 652 g/mol. The summed E-state index contributed by atoms with van der Waals surface area (Å²) in [6.07, 6.45) is 1.27. The number of rotatable bonds is 11. The largest absolute Gasteiger partial charge is 0.378 e. The number of hydrogen-bond acceptors (Lipinski definition) is 9. The molecule has 0 saturated carbocycles. The lowest BCUT2D eigenvalue weighted by Gasteiger charge is -2.20. The van der Waals surface area contributed by atoms with E-state index in [9.17, 15) is 31.7 Å². The van der Waals surface area contributed by atoms with Crippen LogP contribution in [0.4, 0.5) is 5.69 Å². The van der Waals surface area contributed by atoms with Crippen molar-refractivity contribution < 1.29 is 30.7 Å². The number of hydrazone groups is 1. The Hall–Kier alpha value is -3.66. The Labute approximate surface area is 239 Å². The molecule has 1 atom stereocenters. The topological polar surface area (TPSA) is 174 Å². The lowest BCUT2D eigenvalue weighted by atomic mass is 10.1. The molecule has 0 spiro atoms. The number of carbonyl (C=O) groups excluding carboxylic acids is 1. The van der Waals surface area contributed by atoms with Crippen molar-refractivity contribution in [1.29, 1.82) is 0 Å². The molecule has 0 aliphatic carbocycles. The number of aryl methyl sites for hydroxylation is 1. The maximum Gasteiger partial charge on any atom is 0.339 e. The minimum absolute atomic E-state index is 0.0275. The van der Waals surface area contributed by atoms with Gasteiger partial charge in [-0.1, -0.05) is 37.6 Å². The highest BCUT2D eigenvalue weighted by molar-refractivity contribution is 9.10. The van der Waals surface area contributed by atoms with Gasteiger partial charge in [-0.25, -0.2) is 13.8 Å². The van der Waals surface area contributed by atoms with Crippen molar-refractivity contribution >= 4 is 53.9 Å². The number of non-ortho nitro benzene ring substituents is 1. The number of nitrogens with one attached hydrogen (secondary N) is 2. The molecule has 0 aliphatic rings. The number of nitro groups is 1. The number of halogens is 1. The minimum Gasteiger partial charge on any atom is -0.378 e. The summed E-state index contributed by atoms with van der Waals surface area (Å²) in [7, 11) is -8.33. The van der Waals surface area contributed by atoms with Crippen molar-refractivity contribution in [2.45, 2.75) is 36.6 Å². The van der Waals surface area contributed by atoms with Gasteiger partial charge in [0.25, 0.3) is 11.6 Å². The van der Waals surface area contributed by atoms with Crippen molar-refractivity contribution in [3.8, 4) is 5.75 Å². The van der Waals surface area contributed by atoms with Crippen LogP contribution in [0.15, 0.2) is 86.1 Å². The quantitative estimate of drug-likeness (QED) is 0.136. The maximum absolute atomic E-state index is 12.7. The van der Waals surface area contributed by atoms with E-state index >= 15 is 0 Å². The Morgan fingerprint density at radius 3 is 2.30 bits per heavy atom. The van der Waals surface area contributed by atoms with Crippen molar-refractivity contribution in [3.05, 3.63) is 92.4 Å². The Kier molecular flexibility index (Phi) is 9.78. The van der Waals surface area contributed by atoms with Gasteiger partial charge >= 0.3 is 10.1 Å². The van der Waals surface area contributed by atoms with E-state index in [4.69, 9.17) is 4.18 Å². The molecule has 0 saturated heterocycles. The van der Waals surface area contributed by atoms with Gasteiger partial charge in [0.15, 0.2) is 5.75 Å². The van der Waals surface area contributed by atoms with Crippen LogP contribution in [-0.2, 0) is 24.9 Å². The zero-order valence-corrected chi connectivity index (χ0v) is 24.7. The number of sulfonamides is 1. The molecule has 3 rings (SSSR count). The zero-order valence-electron chi connectivity index (χ0n) is 21.4. The van der Waals surface area contributed by atoms with Gasteiger partial charge in [0, 0.05) is 12.1 Å². The molecule has 0 bridgehead atoms. The predicted molar refractivity (Wildman–Crippen MR) is 151 cm³/mol. The lowest BCUT2D eigenvalue weighted by Crippen LogP contribution is -2.48. The van der Waals surface area contributed by atoms with Crippen LogP contribution in [-0.4, -0.2) is 39.9 Å². The first-order chi connectivity index (χ1) is 18.7. The van der Waals surface area contributed by atoms with Gasteiger partial charge in [-0.2, -0.15) is 18.2 Å². The third-order valence-electron chi connectivity index (χ3n) is 5.42. The molecule has 40 heavy (non-hydrogen) atoms. The maximum atomic E-state index is 12.7. The Morgan fingerprint density at radius 1 is 1.02 bits per heavy atom. The highest BCUT2D eigenvalue weighted by atomic mass is 79.9. The third kappa shape index (κ3) is 7.94. The molecule has 12 nitrogen and oxygen atoms in total. The van der Waals surface area contributed by atoms with Gasteiger partial charge in [-0.15, -0.1) is 0 Å². The molecular formula is C25H25BrN4O8S2. The molecule has 0 heterocycles. The van der Waals surface area contributed by atoms with Crippen LogP contribution in [0.25, 0.3) is 0 Å². The molecule has 2 N–H and O–H groups in total. The standard InChI is InChI=1S/C25H25BrN4O8S2/c1-16(2)24(29-39(34,35)20-10-7-17(3)8-11-20)25(31)28-27-15-18-9-12-23(22(26)13-18)38-40(36,37)21-6-4-5-19(14-21)30(32)33/h4-16,24,29H,1-3H3,(H,28,31)/b27-15-/t24-/m0/s1. The van der Waals surface area contributed by atoms with E-state index < -0.39 is 48.6 Å². The number of benzene rings is 3. The Balaban J connectivity index is 1.69. The summed E-state index contributed by atoms with van der Waals surface area (Å²) in [6.45, 7) is 5.19. The van der Waals surface area contributed by atoms with Crippen LogP contribution in [0.3, 0.4) is 0 Å². The van der Waals surface area contributed by atoms with Crippen molar-refractivity contribution in [2.24, 2.45) is 11.0 Å². The second kappa shape index (κ2) is 12.7. The normalized spacial score (nSPS) is 12.8. The van der Waals surface area contributed by atoms with Gasteiger partial charge in [-0.3, -0.25) is 14.9 Å². The summed E-state index contributed by atoms with van der Waals surface area (Å²) in [5.41, 5.74) is 3.24. The van der Waals surface area contributed by atoms with Crippen molar-refractivity contribution in [3.63, 3.8) is 0 Å². The van der Waals surface area contributed by atoms with Crippen LogP contribution in [0.1, 0.15) is 25.0 Å². The Morgan fingerprint density at radius 2 is 1.70 bits per heavy atom. The third-order valence-corrected chi connectivity index (χ3v) is 8.73. The molecule has 0 aliphatic heterocycles. The van der Waals surface area contributed by atoms with Gasteiger partial charge in [-0.05, 0) is 70.7 Å². The smallest absolute Gasteiger partial charge is 0.339 e. The fourth-order valence-corrected chi connectivity index (χ4v) is 6.19. The molecule has 0 aromatic heterocycles. The van der Waals surface area contributed by atoms with Gasteiger partial charge in [0.05, 0.1) is 20.5 Å². The van der Waals surface area contributed by atoms with Crippen LogP contribution in [0.5, 0.6) is 5.75 Å². The summed E-state index contributed by atoms with van der Waals surface area (Å²) >= 11 is 3.21. The fraction of sp³-hybridized carbons (Fsp3) is 0.200. The summed E-state index contributed by atoms with van der Waals surface area (Å²) < 4.78 is 58.4. The average Bonchev–Trinajstić information content (AvgIpc) is 2.89. The summed E-state index contributed by atoms with van der Waals surface area (Å²) in [5.74, 6) is -1.16.